The van der Waals surface area contributed by atoms with E-state index < -0.39 is 12.1 Å². The lowest BCUT2D eigenvalue weighted by atomic mass is 9.99. The average molecular weight is 445 g/mol. The van der Waals surface area contributed by atoms with E-state index in [9.17, 15) is 9.59 Å². The van der Waals surface area contributed by atoms with Gasteiger partial charge in [-0.25, -0.2) is 0 Å². The number of rotatable bonds is 6. The Balaban J connectivity index is 1.70. The Bertz CT molecular complexity index is 1210. The lowest BCUT2D eigenvalue weighted by Crippen LogP contribution is -2.42. The molecule has 0 bridgehead atoms. The van der Waals surface area contributed by atoms with E-state index >= 15 is 0 Å². The first kappa shape index (κ1) is 22.1. The summed E-state index contributed by atoms with van der Waals surface area (Å²) < 4.78 is 12.4. The van der Waals surface area contributed by atoms with Crippen LogP contribution in [0.3, 0.4) is 0 Å². The summed E-state index contributed by atoms with van der Waals surface area (Å²) in [7, 11) is 3.15. The summed E-state index contributed by atoms with van der Waals surface area (Å²) in [4.78, 5) is 25.9. The smallest absolute Gasteiger partial charge is 0.304 e. The van der Waals surface area contributed by atoms with E-state index in [-0.39, 0.29) is 11.8 Å². The zero-order chi connectivity index (χ0) is 23.4. The molecule has 2 N–H and O–H groups in total. The number of ether oxygens (including phenoxy) is 2. The van der Waals surface area contributed by atoms with Gasteiger partial charge in [-0.1, -0.05) is 48.0 Å². The van der Waals surface area contributed by atoms with Crippen LogP contribution >= 0.6 is 0 Å². The molecule has 168 valence electrons. The van der Waals surface area contributed by atoms with Crippen molar-refractivity contribution in [1.82, 2.24) is 10.7 Å². The summed E-state index contributed by atoms with van der Waals surface area (Å²) in [6, 6.07) is 21.2. The quantitative estimate of drug-likeness (QED) is 0.573. The van der Waals surface area contributed by atoms with Gasteiger partial charge in [0.15, 0.2) is 17.5 Å². The zero-order valence-electron chi connectivity index (χ0n) is 18.7. The molecule has 1 aliphatic rings. The largest absolute Gasteiger partial charge is 0.493 e. The van der Waals surface area contributed by atoms with Crippen LogP contribution < -0.4 is 20.2 Å². The van der Waals surface area contributed by atoms with Crippen molar-refractivity contribution in [2.75, 3.05) is 14.2 Å². The monoisotopic (exact) mass is 444 g/mol. The maximum Gasteiger partial charge on any atom is 0.304 e. The minimum Gasteiger partial charge on any atom is -0.493 e. The van der Waals surface area contributed by atoms with Crippen molar-refractivity contribution in [2.24, 2.45) is 0 Å². The van der Waals surface area contributed by atoms with Gasteiger partial charge in [0.25, 0.3) is 5.91 Å². The number of nitrogens with zero attached hydrogens (tertiary/aromatic N) is 1. The highest BCUT2D eigenvalue weighted by Crippen LogP contribution is 2.29. The second kappa shape index (κ2) is 9.56. The van der Waals surface area contributed by atoms with E-state index in [0.717, 1.165) is 16.7 Å². The van der Waals surface area contributed by atoms with Crippen molar-refractivity contribution in [3.63, 3.8) is 0 Å². The molecule has 2 amide bonds. The predicted octanol–water partition coefficient (Wildman–Crippen LogP) is 3.03. The van der Waals surface area contributed by atoms with Crippen molar-refractivity contribution in [2.45, 2.75) is 19.0 Å². The van der Waals surface area contributed by atoms with Crippen LogP contribution in [0.5, 0.6) is 11.5 Å². The molecule has 0 aromatic heterocycles. The molecule has 1 saturated heterocycles. The zero-order valence-corrected chi connectivity index (χ0v) is 18.7. The molecule has 0 aliphatic carbocycles. The molecule has 7 nitrogen and oxygen atoms in total. The number of amides is 2. The first-order valence-electron chi connectivity index (χ1n) is 10.6. The number of carbonyl (C=O) groups excluding carboxylic acids is 2. The van der Waals surface area contributed by atoms with Crippen LogP contribution in [0, 0.1) is 6.92 Å². The number of nitrogens with one attached hydrogen (secondary N) is 2. The molecule has 1 aliphatic heterocycles. The Morgan fingerprint density at radius 2 is 1.73 bits per heavy atom. The van der Waals surface area contributed by atoms with E-state index in [1.165, 1.54) is 0 Å². The first-order chi connectivity index (χ1) is 16.0. The number of hydrazine groups is 1. The molecule has 1 fully saturated rings. The van der Waals surface area contributed by atoms with Gasteiger partial charge in [0.2, 0.25) is 12.3 Å². The number of hydrogen-bond acceptors (Lipinski definition) is 4. The fourth-order valence-electron chi connectivity index (χ4n) is 3.94. The van der Waals surface area contributed by atoms with Crippen molar-refractivity contribution < 1.29 is 23.7 Å². The number of hydrazone groups is 1. The highest BCUT2D eigenvalue weighted by Gasteiger charge is 2.47. The topological polar surface area (TPSA) is 79.7 Å². The Kier molecular flexibility index (Phi) is 6.40. The maximum absolute atomic E-state index is 13.0. The van der Waals surface area contributed by atoms with Crippen molar-refractivity contribution >= 4 is 18.0 Å². The summed E-state index contributed by atoms with van der Waals surface area (Å²) in [6.45, 7) is 1.92. The van der Waals surface area contributed by atoms with Crippen molar-refractivity contribution in [3.05, 3.63) is 95.1 Å². The molecule has 2 atom stereocenters. The lowest BCUT2D eigenvalue weighted by Gasteiger charge is -2.15. The van der Waals surface area contributed by atoms with Gasteiger partial charge in [-0.05, 0) is 37.3 Å². The minimum absolute atomic E-state index is 0.290. The Hall–Kier alpha value is -4.13. The van der Waals surface area contributed by atoms with E-state index in [4.69, 9.17) is 9.47 Å². The summed E-state index contributed by atoms with van der Waals surface area (Å²) in [6.07, 6.45) is 1.82. The molecule has 0 radical (unpaired) electrons. The average Bonchev–Trinajstić information content (AvgIpc) is 3.13. The molecule has 0 spiro atoms. The second-order valence-electron chi connectivity index (χ2n) is 7.80. The highest BCUT2D eigenvalue weighted by molar-refractivity contribution is 5.98. The second-order valence-corrected chi connectivity index (χ2v) is 7.80. The first-order valence-corrected chi connectivity index (χ1v) is 10.6. The molecule has 0 saturated carbocycles. The third-order valence-electron chi connectivity index (χ3n) is 5.54. The lowest BCUT2D eigenvalue weighted by molar-refractivity contribution is -0.596. The molecule has 3 aromatic carbocycles. The van der Waals surface area contributed by atoms with Crippen LogP contribution in [0.2, 0.25) is 0 Å². The normalized spacial score (nSPS) is 18.6. The third kappa shape index (κ3) is 4.72. The molecule has 7 heteroatoms. The fraction of sp³-hybridized carbons (Fsp3) is 0.192. The molecule has 1 heterocycles. The predicted molar refractivity (Wildman–Crippen MR) is 125 cm³/mol. The summed E-state index contributed by atoms with van der Waals surface area (Å²) in [5, 5.41) is 2.92. The third-order valence-corrected chi connectivity index (χ3v) is 5.54. The molecule has 3 aromatic rings. The molecular weight excluding hydrogens is 418 g/mol. The van der Waals surface area contributed by atoms with Crippen LogP contribution in [-0.2, 0) is 4.79 Å². The molecule has 33 heavy (non-hydrogen) atoms. The van der Waals surface area contributed by atoms with E-state index in [1.54, 1.807) is 37.1 Å². The van der Waals surface area contributed by atoms with Gasteiger partial charge in [0, 0.05) is 16.7 Å². The summed E-state index contributed by atoms with van der Waals surface area (Å²) in [5.41, 5.74) is 6.07. The number of methoxy groups -OCH3 is 2. The highest BCUT2D eigenvalue weighted by atomic mass is 16.5. The Morgan fingerprint density at radius 1 is 0.970 bits per heavy atom. The summed E-state index contributed by atoms with van der Waals surface area (Å²) >= 11 is 0. The van der Waals surface area contributed by atoms with E-state index in [1.807, 2.05) is 67.7 Å². The van der Waals surface area contributed by atoms with Gasteiger partial charge in [0.05, 0.1) is 14.2 Å². The van der Waals surface area contributed by atoms with Crippen LogP contribution in [0.4, 0.5) is 0 Å². The fourth-order valence-corrected chi connectivity index (χ4v) is 3.94. The van der Waals surface area contributed by atoms with Crippen molar-refractivity contribution in [3.8, 4) is 11.5 Å². The molecular formula is C26H26N3O4+. The number of aryl methyl sites for hydroxylation is 1. The summed E-state index contributed by atoms with van der Waals surface area (Å²) in [5.74, 6) is 0.606. The van der Waals surface area contributed by atoms with Crippen LogP contribution in [0.25, 0.3) is 0 Å². The Labute approximate surface area is 192 Å². The van der Waals surface area contributed by atoms with Crippen LogP contribution in [-0.4, -0.2) is 43.0 Å². The van der Waals surface area contributed by atoms with E-state index in [2.05, 4.69) is 10.7 Å². The minimum atomic E-state index is -0.781. The standard InChI is InChI=1S/C26H25N3O4/c1-17-8-7-11-20(14-17)25(30)27-23-24(19-9-5-4-6-10-19)29(28-26(23)31)16-18-12-13-21(32-2)22(15-18)33-3/h4-16,23-24H,1-3H3,(H-,27,28,30,31)/p+1/b29-16-/t23-,24-/m0/s1. The number of carbonyl (C=O) groups is 2. The van der Waals surface area contributed by atoms with Gasteiger partial charge >= 0.3 is 5.91 Å². The Morgan fingerprint density at radius 3 is 2.42 bits per heavy atom. The van der Waals surface area contributed by atoms with Crippen molar-refractivity contribution in [1.29, 1.82) is 0 Å². The molecule has 0 unspecified atom stereocenters. The SMILES string of the molecule is COc1ccc(/C=[N+]2\NC(=O)[C@@H](NC(=O)c3cccc(C)c3)[C@@H]2c2ccccc2)cc1OC. The number of benzene rings is 3. The molecule has 4 rings (SSSR count). The van der Waals surface area contributed by atoms with Crippen LogP contribution in [0.15, 0.2) is 72.8 Å². The maximum atomic E-state index is 13.0. The van der Waals surface area contributed by atoms with Gasteiger partial charge in [0.1, 0.15) is 0 Å². The number of hydrogen-bond donors (Lipinski definition) is 2. The van der Waals surface area contributed by atoms with E-state index in [0.29, 0.717) is 17.1 Å². The van der Waals surface area contributed by atoms with Gasteiger partial charge in [-0.2, -0.15) is 0 Å². The van der Waals surface area contributed by atoms with Gasteiger partial charge in [-0.3, -0.25) is 9.59 Å². The van der Waals surface area contributed by atoms with Crippen LogP contribution in [0.1, 0.15) is 33.1 Å². The van der Waals surface area contributed by atoms with Gasteiger partial charge < -0.3 is 14.8 Å². The van der Waals surface area contributed by atoms with Gasteiger partial charge in [-0.15, -0.1) is 10.1 Å².